The van der Waals surface area contributed by atoms with Gasteiger partial charge in [0.1, 0.15) is 16.7 Å². The Morgan fingerprint density at radius 3 is 0.856 bits per heavy atom. The average Bonchev–Trinajstić information content (AvgIpc) is 1.54. The van der Waals surface area contributed by atoms with E-state index >= 15 is 0 Å². The second-order valence-electron chi connectivity index (χ2n) is 34.4. The van der Waals surface area contributed by atoms with Gasteiger partial charge in [-0.2, -0.15) is 0 Å². The predicted molar refractivity (Wildman–Crippen MR) is 549 cm³/mol. The van der Waals surface area contributed by atoms with Crippen molar-refractivity contribution < 1.29 is 8.83 Å². The lowest BCUT2D eigenvalue weighted by Gasteiger charge is -2.34. The Morgan fingerprint density at radius 1 is 0.152 bits per heavy atom. The van der Waals surface area contributed by atoms with Gasteiger partial charge in [-0.3, -0.25) is 0 Å². The zero-order valence-electron chi connectivity index (χ0n) is 72.4. The molecule has 2 heterocycles. The normalized spacial score (nSPS) is 12.5. The van der Waals surface area contributed by atoms with Crippen molar-refractivity contribution in [1.29, 1.82) is 0 Å². The molecule has 0 atom stereocenters. The lowest BCUT2D eigenvalue weighted by atomic mass is 9.67. The molecule has 0 fully saturated rings. The summed E-state index contributed by atoms with van der Waals surface area (Å²) in [4.78, 5) is 4.74. The van der Waals surface area contributed by atoms with Crippen LogP contribution in [0.4, 0.5) is 34.1 Å². The highest BCUT2D eigenvalue weighted by atomic mass is 16.3. The van der Waals surface area contributed by atoms with Gasteiger partial charge in [0.2, 0.25) is 0 Å². The maximum atomic E-state index is 6.96. The molecule has 620 valence electrons. The fourth-order valence-electron chi connectivity index (χ4n) is 21.1. The fourth-order valence-corrected chi connectivity index (χ4v) is 21.1. The van der Waals surface area contributed by atoms with Crippen LogP contribution in [0.25, 0.3) is 144 Å². The molecule has 0 spiro atoms. The molecule has 4 heteroatoms. The van der Waals surface area contributed by atoms with E-state index in [1.807, 2.05) is 0 Å². The largest absolute Gasteiger partial charge is 0.455 e. The average molecular weight is 1680 g/mol. The Balaban J connectivity index is 0.000000146. The van der Waals surface area contributed by atoms with Gasteiger partial charge >= 0.3 is 0 Å². The van der Waals surface area contributed by atoms with Crippen LogP contribution in [-0.4, -0.2) is 0 Å². The van der Waals surface area contributed by atoms with Crippen LogP contribution in [0.15, 0.2) is 531 Å². The molecule has 23 aromatic rings. The van der Waals surface area contributed by atoms with Crippen LogP contribution in [0.1, 0.15) is 44.5 Å². The lowest BCUT2D eigenvalue weighted by Crippen LogP contribution is -2.28. The third-order valence-electron chi connectivity index (χ3n) is 27.1. The van der Waals surface area contributed by atoms with Crippen LogP contribution < -0.4 is 9.80 Å². The summed E-state index contributed by atoms with van der Waals surface area (Å²) in [6, 6.07) is 189. The van der Waals surface area contributed by atoms with E-state index in [-0.39, 0.29) is 0 Å². The summed E-state index contributed by atoms with van der Waals surface area (Å²) in [5, 5.41) is 4.36. The number of nitrogens with zero attached hydrogens (tertiary/aromatic N) is 2. The first-order chi connectivity index (χ1) is 65.5. The molecule has 0 bridgehead atoms. The van der Waals surface area contributed by atoms with Crippen LogP contribution in [0.2, 0.25) is 0 Å². The van der Waals surface area contributed by atoms with E-state index in [2.05, 4.69) is 532 Å². The number of hydrogen-bond acceptors (Lipinski definition) is 4. The molecule has 25 rings (SSSR count). The monoisotopic (exact) mass is 1680 g/mol. The zero-order chi connectivity index (χ0) is 87.5. The van der Waals surface area contributed by atoms with Crippen LogP contribution in [-0.2, 0) is 10.8 Å². The minimum atomic E-state index is -0.513. The highest BCUT2D eigenvalue weighted by Gasteiger charge is 2.48. The Labute approximate surface area is 768 Å². The maximum absolute atomic E-state index is 6.96. The van der Waals surface area contributed by atoms with E-state index in [4.69, 9.17) is 8.83 Å². The highest BCUT2D eigenvalue weighted by Crippen LogP contribution is 2.60. The number of para-hydroxylation sites is 3. The number of furan rings is 2. The van der Waals surface area contributed by atoms with Crippen molar-refractivity contribution in [2.24, 2.45) is 0 Å². The van der Waals surface area contributed by atoms with Crippen LogP contribution >= 0.6 is 0 Å². The second-order valence-corrected chi connectivity index (χ2v) is 34.4. The van der Waals surface area contributed by atoms with Crippen molar-refractivity contribution in [1.82, 2.24) is 0 Å². The number of rotatable bonds is 17. The van der Waals surface area contributed by atoms with E-state index in [1.54, 1.807) is 0 Å². The van der Waals surface area contributed by atoms with E-state index in [0.717, 1.165) is 128 Å². The van der Waals surface area contributed by atoms with Crippen molar-refractivity contribution in [2.45, 2.75) is 10.8 Å². The summed E-state index contributed by atoms with van der Waals surface area (Å²) in [7, 11) is 0. The summed E-state index contributed by atoms with van der Waals surface area (Å²) in [5.74, 6) is 0. The number of hydrogen-bond donors (Lipinski definition) is 0. The number of fused-ring (bicyclic) bond motifs is 12. The van der Waals surface area contributed by atoms with Gasteiger partial charge in [-0.25, -0.2) is 0 Å². The third-order valence-corrected chi connectivity index (χ3v) is 27.1. The number of anilines is 6. The smallest absolute Gasteiger partial charge is 0.159 e. The summed E-state index contributed by atoms with van der Waals surface area (Å²) in [6.07, 6.45) is 0. The zero-order valence-corrected chi connectivity index (χ0v) is 72.4. The standard InChI is InChI=1S/C67H45NO.C61H41NO/c1-5-17-46(18-6-1)48-29-36-55(37-30-48)68(56-38-31-49(32-39-56)47-19-7-2-8-20-47)57-40-33-50(34-41-57)61-43-52(44-62-60-26-14-16-28-65(60)69-66(61)62)51-35-42-59-58-25-13-15-27-63(58)67(64(59)45-51,53-21-9-3-10-22-53)54-23-11-4-12-24-54;1-5-19-42(20-6-1)43-33-36-49(37-34-43)62(57-31-17-14-27-50(57)44-21-7-2-8-22-44)58-41-46(39-54-53-29-15-18-32-59(53)63-60(54)58)45-35-38-52-51-28-13-16-30-55(51)61(56(52)40-45,47-23-9-3-10-24-47)48-25-11-4-12-26-48/h1-45H;1-41H. The Kier molecular flexibility index (Phi) is 19.7. The first kappa shape index (κ1) is 78.3. The van der Waals surface area contributed by atoms with Crippen LogP contribution in [0.5, 0.6) is 0 Å². The van der Waals surface area contributed by atoms with Crippen LogP contribution in [0.3, 0.4) is 0 Å². The minimum absolute atomic E-state index is 0.495. The van der Waals surface area contributed by atoms with Crippen molar-refractivity contribution in [3.8, 4) is 100 Å². The van der Waals surface area contributed by atoms with Gasteiger partial charge in [0.05, 0.1) is 22.2 Å². The number of benzene rings is 21. The topological polar surface area (TPSA) is 32.8 Å². The Morgan fingerprint density at radius 2 is 0.439 bits per heavy atom. The molecule has 0 saturated heterocycles. The molecule has 21 aromatic carbocycles. The van der Waals surface area contributed by atoms with Gasteiger partial charge in [0.25, 0.3) is 0 Å². The van der Waals surface area contributed by atoms with Crippen molar-refractivity contribution >= 4 is 78.0 Å². The van der Waals surface area contributed by atoms with Crippen molar-refractivity contribution in [2.75, 3.05) is 9.80 Å². The van der Waals surface area contributed by atoms with Gasteiger partial charge in [0, 0.05) is 55.4 Å². The molecule has 0 N–H and O–H groups in total. The molecule has 0 radical (unpaired) electrons. The molecule has 0 aliphatic heterocycles. The molecule has 2 aromatic heterocycles. The third kappa shape index (κ3) is 13.5. The van der Waals surface area contributed by atoms with Gasteiger partial charge < -0.3 is 18.6 Å². The lowest BCUT2D eigenvalue weighted by molar-refractivity contribution is 0.669. The molecule has 2 aliphatic carbocycles. The second kappa shape index (κ2) is 33.2. The molecular weight excluding hydrogens is 1600 g/mol. The van der Waals surface area contributed by atoms with E-state index in [0.29, 0.717) is 0 Å². The van der Waals surface area contributed by atoms with E-state index in [9.17, 15) is 0 Å². The molecule has 0 unspecified atom stereocenters. The summed E-state index contributed by atoms with van der Waals surface area (Å²) in [5.41, 5.74) is 40.1. The molecule has 132 heavy (non-hydrogen) atoms. The minimum Gasteiger partial charge on any atom is -0.455 e. The summed E-state index contributed by atoms with van der Waals surface area (Å²) < 4.78 is 13.8. The van der Waals surface area contributed by atoms with Crippen molar-refractivity contribution in [3.63, 3.8) is 0 Å². The first-order valence-corrected chi connectivity index (χ1v) is 45.4. The Hall–Kier alpha value is -17.2. The molecular formula is C128H86N2O2. The SMILES string of the molecule is c1ccc(-c2ccc(N(c3ccc(-c4ccccc4)cc3)c3ccc(-c4cc(-c5ccc6c(c5)C(c5ccccc5)(c5ccccc5)c5ccccc5-6)cc5c4oc4ccccc45)cc3)cc2)cc1.c1ccc(-c2ccc(N(c3ccccc3-c3ccccc3)c3cc(-c4ccc5c(c4)C(c4ccccc4)(c4ccccc4)c4ccccc4-5)cc4c3oc3ccccc34)cc2)cc1. The van der Waals surface area contributed by atoms with Gasteiger partial charge in [-0.05, 0) is 237 Å². The molecule has 0 saturated carbocycles. The van der Waals surface area contributed by atoms with E-state index in [1.165, 1.54) is 94.6 Å². The molecule has 2 aliphatic rings. The van der Waals surface area contributed by atoms with Crippen molar-refractivity contribution in [3.05, 3.63) is 566 Å². The van der Waals surface area contributed by atoms with E-state index < -0.39 is 10.8 Å². The maximum Gasteiger partial charge on any atom is 0.159 e. The quantitative estimate of drug-likeness (QED) is 0.0910. The van der Waals surface area contributed by atoms with Gasteiger partial charge in [-0.1, -0.05) is 419 Å². The first-order valence-electron chi connectivity index (χ1n) is 45.4. The van der Waals surface area contributed by atoms with Gasteiger partial charge in [0.15, 0.2) is 5.58 Å². The summed E-state index contributed by atoms with van der Waals surface area (Å²) >= 11 is 0. The molecule has 0 amide bonds. The predicted octanol–water partition coefficient (Wildman–Crippen LogP) is 34.5. The molecule has 4 nitrogen and oxygen atoms in total. The summed E-state index contributed by atoms with van der Waals surface area (Å²) in [6.45, 7) is 0. The van der Waals surface area contributed by atoms with Gasteiger partial charge in [-0.15, -0.1) is 0 Å². The fraction of sp³-hybridized carbons (Fsp3) is 0.0156. The van der Waals surface area contributed by atoms with Crippen LogP contribution in [0, 0.1) is 0 Å². The highest BCUT2D eigenvalue weighted by molar-refractivity contribution is 6.14. The Bertz CT molecular complexity index is 8020.